The lowest BCUT2D eigenvalue weighted by molar-refractivity contribution is 0.0657. The molecule has 23 heavy (non-hydrogen) atoms. The van der Waals surface area contributed by atoms with Gasteiger partial charge in [0, 0.05) is 23.9 Å². The molecule has 1 N–H and O–H groups in total. The lowest BCUT2D eigenvalue weighted by atomic mass is 9.95. The number of fused-ring (bicyclic) bond motifs is 1. The van der Waals surface area contributed by atoms with Crippen molar-refractivity contribution < 1.29 is 18.3 Å². The molecule has 1 aromatic heterocycles. The van der Waals surface area contributed by atoms with Crippen molar-refractivity contribution in [3.05, 3.63) is 29.7 Å². The lowest BCUT2D eigenvalue weighted by Gasteiger charge is -2.22. The number of aryl methyl sites for hydroxylation is 1. The molecule has 1 unspecified atom stereocenters. The minimum Gasteiger partial charge on any atom is -0.381 e. The molecule has 1 atom stereocenters. The molecule has 0 aliphatic rings. The smallest absolute Gasteiger partial charge is 0.185 e. The highest BCUT2D eigenvalue weighted by molar-refractivity contribution is 5.91. The van der Waals surface area contributed by atoms with E-state index in [0.29, 0.717) is 0 Å². The van der Waals surface area contributed by atoms with E-state index in [1.807, 2.05) is 13.8 Å². The van der Waals surface area contributed by atoms with Crippen molar-refractivity contribution in [1.82, 2.24) is 9.97 Å². The molecule has 7 heteroatoms. The van der Waals surface area contributed by atoms with E-state index in [1.165, 1.54) is 6.20 Å². The number of hydrogen-bond acceptors (Lipinski definition) is 4. The van der Waals surface area contributed by atoms with Gasteiger partial charge in [-0.25, -0.2) is 23.1 Å². The van der Waals surface area contributed by atoms with Gasteiger partial charge in [-0.3, -0.25) is 4.99 Å². The maximum absolute atomic E-state index is 13.8. The van der Waals surface area contributed by atoms with Crippen molar-refractivity contribution in [2.24, 2.45) is 10.9 Å². The second-order valence-corrected chi connectivity index (χ2v) is 5.96. The topological polar surface area (TPSA) is 58.4 Å². The summed E-state index contributed by atoms with van der Waals surface area (Å²) in [4.78, 5) is 11.8. The maximum Gasteiger partial charge on any atom is 0.185 e. The number of benzene rings is 1. The Bertz CT molecular complexity index is 749. The summed E-state index contributed by atoms with van der Waals surface area (Å²) in [5.74, 6) is -1.88. The molecule has 0 aliphatic heterocycles. The first-order valence-electron chi connectivity index (χ1n) is 7.20. The minimum atomic E-state index is -1.75. The van der Waals surface area contributed by atoms with Gasteiger partial charge in [-0.05, 0) is 19.3 Å². The van der Waals surface area contributed by atoms with E-state index in [0.717, 1.165) is 12.3 Å². The summed E-state index contributed by atoms with van der Waals surface area (Å²) in [6.07, 6.45) is 2.51. The zero-order valence-electron chi connectivity index (χ0n) is 13.1. The number of nitrogens with zero attached hydrogens (tertiary/aromatic N) is 3. The van der Waals surface area contributed by atoms with Crippen LogP contribution >= 0.6 is 0 Å². The molecule has 0 radical (unpaired) electrons. The largest absolute Gasteiger partial charge is 0.381 e. The van der Waals surface area contributed by atoms with Crippen molar-refractivity contribution in [1.29, 1.82) is 0 Å². The first-order chi connectivity index (χ1) is 10.8. The molecule has 0 saturated carbocycles. The van der Waals surface area contributed by atoms with Crippen molar-refractivity contribution in [3.8, 4) is 0 Å². The highest BCUT2D eigenvalue weighted by atomic mass is 19.2. The fraction of sp³-hybridized carbons (Fsp3) is 0.438. The van der Waals surface area contributed by atoms with Crippen LogP contribution in [0.1, 0.15) is 26.1 Å². The Hall–Kier alpha value is -2.02. The number of halogens is 3. The summed E-state index contributed by atoms with van der Waals surface area (Å²) in [5, 5.41) is 10.4. The molecule has 0 amide bonds. The number of aromatic nitrogens is 2. The van der Waals surface area contributed by atoms with Crippen LogP contribution in [0.2, 0.25) is 0 Å². The predicted molar refractivity (Wildman–Crippen MR) is 82.7 cm³/mol. The van der Waals surface area contributed by atoms with Gasteiger partial charge in [0.15, 0.2) is 11.6 Å². The molecule has 124 valence electrons. The highest BCUT2D eigenvalue weighted by Gasteiger charge is 2.26. The highest BCUT2D eigenvalue weighted by Crippen LogP contribution is 2.29. The van der Waals surface area contributed by atoms with Gasteiger partial charge in [0.1, 0.15) is 23.6 Å². The molecule has 1 aromatic carbocycles. The van der Waals surface area contributed by atoms with E-state index in [1.54, 1.807) is 6.92 Å². The van der Waals surface area contributed by atoms with Gasteiger partial charge in [-0.15, -0.1) is 0 Å². The molecular formula is C16H18F3N3O. The van der Waals surface area contributed by atoms with Gasteiger partial charge in [0.05, 0.1) is 5.69 Å². The number of alkyl halides is 1. The van der Waals surface area contributed by atoms with Gasteiger partial charge in [-0.2, -0.15) is 0 Å². The normalized spacial score (nSPS) is 14.8. The lowest BCUT2D eigenvalue weighted by Crippen LogP contribution is -2.34. The fourth-order valence-electron chi connectivity index (χ4n) is 2.34. The van der Waals surface area contributed by atoms with Crippen LogP contribution in [-0.4, -0.2) is 33.6 Å². The Morgan fingerprint density at radius 1 is 1.39 bits per heavy atom. The molecule has 0 fully saturated rings. The third kappa shape index (κ3) is 3.85. The molecule has 1 heterocycles. The monoisotopic (exact) mass is 325 g/mol. The molecule has 0 bridgehead atoms. The quantitative estimate of drug-likeness (QED) is 0.853. The first-order valence-corrected chi connectivity index (χ1v) is 7.20. The maximum atomic E-state index is 13.8. The Morgan fingerprint density at radius 3 is 2.70 bits per heavy atom. The van der Waals surface area contributed by atoms with Crippen molar-refractivity contribution in [3.63, 3.8) is 0 Å². The van der Waals surface area contributed by atoms with Crippen LogP contribution in [0.4, 0.5) is 18.9 Å². The fourth-order valence-corrected chi connectivity index (χ4v) is 2.34. The van der Waals surface area contributed by atoms with Gasteiger partial charge in [0.2, 0.25) is 0 Å². The minimum absolute atomic E-state index is 0.0366. The van der Waals surface area contributed by atoms with Crippen LogP contribution in [0.3, 0.4) is 0 Å². The molecule has 0 aliphatic carbocycles. The Kier molecular flexibility index (Phi) is 4.99. The molecule has 0 saturated heterocycles. The second-order valence-electron chi connectivity index (χ2n) is 5.96. The molecule has 0 spiro atoms. The van der Waals surface area contributed by atoms with Gasteiger partial charge < -0.3 is 5.11 Å². The first kappa shape index (κ1) is 17.3. The third-order valence-electron chi connectivity index (χ3n) is 3.30. The average molecular weight is 325 g/mol. The summed E-state index contributed by atoms with van der Waals surface area (Å²) < 4.78 is 40.7. The summed E-state index contributed by atoms with van der Waals surface area (Å²) in [6, 6.07) is 0.876. The summed E-state index contributed by atoms with van der Waals surface area (Å²) in [6.45, 7) is 4.19. The zero-order chi connectivity index (χ0) is 17.2. The molecular weight excluding hydrogens is 307 g/mol. The van der Waals surface area contributed by atoms with E-state index in [2.05, 4.69) is 15.0 Å². The molecule has 4 nitrogen and oxygen atoms in total. The Morgan fingerprint density at radius 2 is 2.09 bits per heavy atom. The zero-order valence-corrected chi connectivity index (χ0v) is 13.1. The average Bonchev–Trinajstić information content (AvgIpc) is 2.49. The van der Waals surface area contributed by atoms with Gasteiger partial charge in [0.25, 0.3) is 0 Å². The number of rotatable bonds is 5. The van der Waals surface area contributed by atoms with Gasteiger partial charge >= 0.3 is 0 Å². The van der Waals surface area contributed by atoms with E-state index in [9.17, 15) is 18.3 Å². The van der Waals surface area contributed by atoms with Crippen LogP contribution in [0.5, 0.6) is 0 Å². The number of aliphatic imine (C=N–C) groups is 1. The van der Waals surface area contributed by atoms with Crippen LogP contribution in [0, 0.1) is 24.5 Å². The van der Waals surface area contributed by atoms with Crippen LogP contribution in [0.25, 0.3) is 10.9 Å². The molecule has 2 rings (SSSR count). The molecule has 2 aromatic rings. The predicted octanol–water partition coefficient (Wildman–Crippen LogP) is 3.67. The number of hydrogen-bond donors (Lipinski definition) is 1. The Labute approximate surface area is 132 Å². The third-order valence-corrected chi connectivity index (χ3v) is 3.30. The van der Waals surface area contributed by atoms with E-state index in [4.69, 9.17) is 0 Å². The van der Waals surface area contributed by atoms with E-state index in [-0.39, 0.29) is 34.8 Å². The summed E-state index contributed by atoms with van der Waals surface area (Å²) in [5.41, 5.74) is -1.91. The Balaban J connectivity index is 2.52. The van der Waals surface area contributed by atoms with E-state index < -0.39 is 23.9 Å². The summed E-state index contributed by atoms with van der Waals surface area (Å²) >= 11 is 0. The van der Waals surface area contributed by atoms with Crippen molar-refractivity contribution in [2.45, 2.75) is 32.8 Å². The van der Waals surface area contributed by atoms with Crippen molar-refractivity contribution in [2.75, 3.05) is 6.67 Å². The van der Waals surface area contributed by atoms with Crippen LogP contribution < -0.4 is 0 Å². The van der Waals surface area contributed by atoms with Gasteiger partial charge in [-0.1, -0.05) is 13.8 Å². The van der Waals surface area contributed by atoms with Crippen LogP contribution in [-0.2, 0) is 0 Å². The van der Waals surface area contributed by atoms with E-state index >= 15 is 0 Å². The SMILES string of the molecule is Cc1ncc2c(N=CC(O)(CF)CC(C)C)cc(F)c(F)c2n1. The standard InChI is InChI=1S/C16H18F3N3O/c1-9(2)5-16(23,7-17)8-21-13-4-12(18)14(19)15-11(13)6-20-10(3)22-15/h4,6,8-9,23H,5,7H2,1-3H3. The van der Waals surface area contributed by atoms with Crippen LogP contribution in [0.15, 0.2) is 17.3 Å². The second kappa shape index (κ2) is 6.62. The van der Waals surface area contributed by atoms with Crippen molar-refractivity contribution >= 4 is 22.8 Å². The summed E-state index contributed by atoms with van der Waals surface area (Å²) in [7, 11) is 0. The number of aliphatic hydroxyl groups is 1.